The fraction of sp³-hybridized carbons (Fsp3) is 0.639. The summed E-state index contributed by atoms with van der Waals surface area (Å²) in [6, 6.07) is 8.30. The zero-order valence-electron chi connectivity index (χ0n) is 27.5. The molecule has 2 amide bonds. The summed E-state index contributed by atoms with van der Waals surface area (Å²) in [5.74, 6) is -2.02. The number of fused-ring (bicyclic) bond motifs is 1. The SMILES string of the molecule is C=CCCCOC(=O)[C@@H]1[C@H]2C(=O)N([C@@H](CO)Cc3ccccc3)C(C(=O)N(CC=C)C(C)(C)CC(C)(C)C)C23S[C@@H]1CC3C. The number of nitrogens with zero attached hydrogens (tertiary/aromatic N) is 2. The van der Waals surface area contributed by atoms with Crippen LogP contribution in [0.1, 0.15) is 72.8 Å². The quantitative estimate of drug-likeness (QED) is 0.163. The smallest absolute Gasteiger partial charge is 0.310 e. The molecule has 8 heteroatoms. The van der Waals surface area contributed by atoms with E-state index in [9.17, 15) is 14.7 Å². The van der Waals surface area contributed by atoms with Crippen molar-refractivity contribution < 1.29 is 24.2 Å². The zero-order chi connectivity index (χ0) is 32.4. The van der Waals surface area contributed by atoms with E-state index < -0.39 is 34.2 Å². The van der Waals surface area contributed by atoms with Crippen LogP contribution in [-0.2, 0) is 25.5 Å². The monoisotopic (exact) mass is 624 g/mol. The van der Waals surface area contributed by atoms with Crippen LogP contribution in [-0.4, -0.2) is 80.1 Å². The highest BCUT2D eigenvalue weighted by atomic mass is 32.2. The van der Waals surface area contributed by atoms with Crippen LogP contribution in [0.15, 0.2) is 55.6 Å². The number of amides is 2. The standard InChI is InChI=1S/C36H52N2O5S/c1-9-11-15-19-43-33(42)28-27-20-24(3)36(44-27)29(28)31(40)38(26(22-39)21-25-16-13-12-14-17-25)30(36)32(41)37(18-10-2)35(7,8)23-34(4,5)6/h9-10,12-14,16-17,24,26-30,39H,1-2,11,15,18-23H2,3-8H3/t24?,26-,27-,28+,29+,30?,36?/m1/s1. The summed E-state index contributed by atoms with van der Waals surface area (Å²) in [6.07, 6.45) is 6.84. The first-order valence-corrected chi connectivity index (χ1v) is 17.0. The van der Waals surface area contributed by atoms with Gasteiger partial charge in [0.25, 0.3) is 0 Å². The molecule has 4 rings (SSSR count). The highest BCUT2D eigenvalue weighted by Gasteiger charge is 2.77. The Labute approximate surface area is 268 Å². The molecule has 44 heavy (non-hydrogen) atoms. The van der Waals surface area contributed by atoms with Crippen LogP contribution in [0, 0.1) is 23.2 Å². The summed E-state index contributed by atoms with van der Waals surface area (Å²) >= 11 is 1.64. The van der Waals surface area contributed by atoms with Crippen molar-refractivity contribution in [2.24, 2.45) is 23.2 Å². The highest BCUT2D eigenvalue weighted by Crippen LogP contribution is 2.69. The van der Waals surface area contributed by atoms with E-state index in [-0.39, 0.29) is 47.6 Å². The fourth-order valence-corrected chi connectivity index (χ4v) is 10.7. The number of hydrogen-bond acceptors (Lipinski definition) is 6. The van der Waals surface area contributed by atoms with Crippen molar-refractivity contribution in [3.8, 4) is 0 Å². The Morgan fingerprint density at radius 2 is 1.86 bits per heavy atom. The third-order valence-electron chi connectivity index (χ3n) is 9.68. The number of aliphatic hydroxyl groups is 1. The maximum atomic E-state index is 15.2. The second-order valence-electron chi connectivity index (χ2n) is 14.7. The minimum Gasteiger partial charge on any atom is -0.465 e. The van der Waals surface area contributed by atoms with E-state index in [2.05, 4.69) is 54.7 Å². The number of aliphatic hydroxyl groups excluding tert-OH is 1. The Hall–Kier alpha value is -2.58. The van der Waals surface area contributed by atoms with Gasteiger partial charge in [0.05, 0.1) is 35.8 Å². The fourth-order valence-electron chi connectivity index (χ4n) is 8.34. The van der Waals surface area contributed by atoms with Crippen molar-refractivity contribution in [2.75, 3.05) is 19.8 Å². The number of ether oxygens (including phenoxy) is 1. The van der Waals surface area contributed by atoms with Gasteiger partial charge in [-0.3, -0.25) is 14.4 Å². The molecule has 1 aromatic rings. The van der Waals surface area contributed by atoms with Gasteiger partial charge in [-0.2, -0.15) is 0 Å². The predicted molar refractivity (Wildman–Crippen MR) is 177 cm³/mol. The van der Waals surface area contributed by atoms with Gasteiger partial charge in [-0.25, -0.2) is 0 Å². The van der Waals surface area contributed by atoms with Crippen LogP contribution in [0.25, 0.3) is 0 Å². The lowest BCUT2D eigenvalue weighted by molar-refractivity contribution is -0.155. The summed E-state index contributed by atoms with van der Waals surface area (Å²) in [7, 11) is 0. The summed E-state index contributed by atoms with van der Waals surface area (Å²) in [4.78, 5) is 47.1. The van der Waals surface area contributed by atoms with Gasteiger partial charge in [-0.05, 0) is 62.8 Å². The second-order valence-corrected chi connectivity index (χ2v) is 16.3. The molecule has 3 heterocycles. The number of hydrogen-bond donors (Lipinski definition) is 1. The molecule has 7 nitrogen and oxygen atoms in total. The summed E-state index contributed by atoms with van der Waals surface area (Å²) in [6.45, 7) is 20.8. The summed E-state index contributed by atoms with van der Waals surface area (Å²) in [5.41, 5.74) is 0.388. The average molecular weight is 625 g/mol. The lowest BCUT2D eigenvalue weighted by Gasteiger charge is -2.47. The Morgan fingerprint density at radius 1 is 1.18 bits per heavy atom. The zero-order valence-corrected chi connectivity index (χ0v) is 28.3. The van der Waals surface area contributed by atoms with Crippen molar-refractivity contribution in [2.45, 2.75) is 101 Å². The third-order valence-corrected chi connectivity index (χ3v) is 11.8. The summed E-state index contributed by atoms with van der Waals surface area (Å²) < 4.78 is 4.95. The van der Waals surface area contributed by atoms with Crippen molar-refractivity contribution >= 4 is 29.5 Å². The average Bonchev–Trinajstić information content (AvgIpc) is 3.55. The van der Waals surface area contributed by atoms with Gasteiger partial charge in [0.15, 0.2) is 0 Å². The van der Waals surface area contributed by atoms with Crippen LogP contribution < -0.4 is 0 Å². The molecule has 7 atom stereocenters. The van der Waals surface area contributed by atoms with Gasteiger partial charge in [-0.15, -0.1) is 24.9 Å². The Kier molecular flexibility index (Phi) is 10.5. The first kappa shape index (κ1) is 34.3. The van der Waals surface area contributed by atoms with E-state index in [0.717, 1.165) is 24.8 Å². The van der Waals surface area contributed by atoms with Gasteiger partial charge in [0.2, 0.25) is 11.8 Å². The molecule has 1 N–H and O–H groups in total. The maximum Gasteiger partial charge on any atom is 0.310 e. The van der Waals surface area contributed by atoms with Crippen LogP contribution in [0.5, 0.6) is 0 Å². The number of carbonyl (C=O) groups is 3. The minimum absolute atomic E-state index is 0.0163. The number of benzene rings is 1. The van der Waals surface area contributed by atoms with E-state index in [4.69, 9.17) is 4.74 Å². The molecule has 0 saturated carbocycles. The van der Waals surface area contributed by atoms with E-state index >= 15 is 4.79 Å². The second kappa shape index (κ2) is 13.4. The molecule has 3 aliphatic heterocycles. The highest BCUT2D eigenvalue weighted by molar-refractivity contribution is 8.02. The number of rotatable bonds is 14. The van der Waals surface area contributed by atoms with E-state index in [1.807, 2.05) is 35.2 Å². The summed E-state index contributed by atoms with van der Waals surface area (Å²) in [5, 5.41) is 10.7. The molecular formula is C36H52N2O5S. The van der Waals surface area contributed by atoms with Crippen LogP contribution in [0.3, 0.4) is 0 Å². The number of carbonyl (C=O) groups excluding carboxylic acids is 3. The lowest BCUT2D eigenvalue weighted by atomic mass is 9.66. The predicted octanol–water partition coefficient (Wildman–Crippen LogP) is 5.67. The molecule has 1 spiro atoms. The number of unbranched alkanes of at least 4 members (excludes halogenated alkanes) is 1. The van der Waals surface area contributed by atoms with Crippen molar-refractivity contribution in [1.82, 2.24) is 9.80 Å². The number of allylic oxidation sites excluding steroid dienone is 1. The van der Waals surface area contributed by atoms with E-state index in [0.29, 0.717) is 19.4 Å². The molecule has 0 aliphatic carbocycles. The first-order chi connectivity index (χ1) is 20.7. The molecule has 2 bridgehead atoms. The van der Waals surface area contributed by atoms with Gasteiger partial charge in [-0.1, -0.05) is 70.2 Å². The van der Waals surface area contributed by atoms with Gasteiger partial charge in [0, 0.05) is 17.3 Å². The number of likely N-dealkylation sites (tertiary alicyclic amines) is 1. The molecule has 1 aromatic carbocycles. The maximum absolute atomic E-state index is 15.2. The minimum atomic E-state index is -0.830. The van der Waals surface area contributed by atoms with Crippen LogP contribution in [0.4, 0.5) is 0 Å². The van der Waals surface area contributed by atoms with Gasteiger partial charge < -0.3 is 19.6 Å². The van der Waals surface area contributed by atoms with Crippen molar-refractivity contribution in [3.05, 3.63) is 61.2 Å². The third kappa shape index (κ3) is 6.39. The Morgan fingerprint density at radius 3 is 2.45 bits per heavy atom. The molecule has 0 radical (unpaired) electrons. The molecule has 3 unspecified atom stereocenters. The van der Waals surface area contributed by atoms with Crippen LogP contribution in [0.2, 0.25) is 0 Å². The topological polar surface area (TPSA) is 87.1 Å². The Bertz CT molecular complexity index is 1230. The normalized spacial score (nSPS) is 28.5. The molecule has 3 fully saturated rings. The number of esters is 1. The largest absolute Gasteiger partial charge is 0.465 e. The lowest BCUT2D eigenvalue weighted by Crippen LogP contribution is -2.63. The van der Waals surface area contributed by atoms with Crippen LogP contribution >= 0.6 is 11.8 Å². The molecular weight excluding hydrogens is 572 g/mol. The molecule has 0 aromatic heterocycles. The number of thioether (sulfide) groups is 1. The molecule has 3 aliphatic rings. The van der Waals surface area contributed by atoms with Gasteiger partial charge >= 0.3 is 5.97 Å². The molecule has 3 saturated heterocycles. The van der Waals surface area contributed by atoms with Gasteiger partial charge in [0.1, 0.15) is 6.04 Å². The Balaban J connectivity index is 1.81. The van der Waals surface area contributed by atoms with Crippen molar-refractivity contribution in [3.63, 3.8) is 0 Å². The van der Waals surface area contributed by atoms with E-state index in [1.54, 1.807) is 28.8 Å². The van der Waals surface area contributed by atoms with Crippen molar-refractivity contribution in [1.29, 1.82) is 0 Å². The molecule has 242 valence electrons. The van der Waals surface area contributed by atoms with E-state index in [1.165, 1.54) is 0 Å². The first-order valence-electron chi connectivity index (χ1n) is 16.1.